The lowest BCUT2D eigenvalue weighted by Crippen LogP contribution is -2.21. The highest BCUT2D eigenvalue weighted by Gasteiger charge is 2.44. The Morgan fingerprint density at radius 1 is 1.45 bits per heavy atom. The van der Waals surface area contributed by atoms with Gasteiger partial charge < -0.3 is 15.8 Å². The van der Waals surface area contributed by atoms with E-state index in [1.54, 1.807) is 19.1 Å². The highest BCUT2D eigenvalue weighted by atomic mass is 16.5. The molecule has 0 atom stereocenters. The Morgan fingerprint density at radius 2 is 2.15 bits per heavy atom. The van der Waals surface area contributed by atoms with E-state index in [-0.39, 0.29) is 5.97 Å². The van der Waals surface area contributed by atoms with Gasteiger partial charge >= 0.3 is 5.97 Å². The van der Waals surface area contributed by atoms with Crippen molar-refractivity contribution in [3.05, 3.63) is 23.8 Å². The molecule has 1 aromatic rings. The standard InChI is InChI=1S/C16H24N2O2/c1-4-20-15(19)13-9-12(5-6-14(13)17)18-10-16(7-8-16)11(2)3/h5-6,9,11,18H,4,7-8,10,17H2,1-3H3. The molecule has 1 aliphatic rings. The number of hydrogen-bond donors (Lipinski definition) is 2. The van der Waals surface area contributed by atoms with E-state index in [1.807, 2.05) is 6.07 Å². The summed E-state index contributed by atoms with van der Waals surface area (Å²) < 4.78 is 5.01. The van der Waals surface area contributed by atoms with Crippen LogP contribution in [-0.4, -0.2) is 19.1 Å². The summed E-state index contributed by atoms with van der Waals surface area (Å²) >= 11 is 0. The molecule has 1 saturated carbocycles. The number of nitrogen functional groups attached to an aromatic ring is 1. The fraction of sp³-hybridized carbons (Fsp3) is 0.562. The SMILES string of the molecule is CCOC(=O)c1cc(NCC2(C(C)C)CC2)ccc1N. The summed E-state index contributed by atoms with van der Waals surface area (Å²) in [4.78, 5) is 11.8. The van der Waals surface area contributed by atoms with Gasteiger partial charge in [0.25, 0.3) is 0 Å². The zero-order chi connectivity index (χ0) is 14.8. The predicted octanol–water partition coefficient (Wildman–Crippen LogP) is 3.29. The number of nitrogens with one attached hydrogen (secondary N) is 1. The van der Waals surface area contributed by atoms with Gasteiger partial charge in [-0.05, 0) is 49.3 Å². The maximum absolute atomic E-state index is 11.8. The molecule has 1 aliphatic carbocycles. The second-order valence-electron chi connectivity index (χ2n) is 5.89. The third-order valence-corrected chi connectivity index (χ3v) is 4.31. The molecule has 0 aromatic heterocycles. The van der Waals surface area contributed by atoms with Gasteiger partial charge in [0.2, 0.25) is 0 Å². The van der Waals surface area contributed by atoms with Gasteiger partial charge in [0.15, 0.2) is 0 Å². The van der Waals surface area contributed by atoms with Crippen molar-refractivity contribution in [2.24, 2.45) is 11.3 Å². The van der Waals surface area contributed by atoms with E-state index >= 15 is 0 Å². The van der Waals surface area contributed by atoms with Crippen LogP contribution < -0.4 is 11.1 Å². The first-order valence-electron chi connectivity index (χ1n) is 7.29. The first kappa shape index (κ1) is 14.7. The van der Waals surface area contributed by atoms with Gasteiger partial charge in [0.05, 0.1) is 12.2 Å². The van der Waals surface area contributed by atoms with E-state index in [9.17, 15) is 4.79 Å². The lowest BCUT2D eigenvalue weighted by atomic mass is 9.92. The van der Waals surface area contributed by atoms with Crippen molar-refractivity contribution in [3.8, 4) is 0 Å². The fourth-order valence-corrected chi connectivity index (χ4v) is 2.45. The van der Waals surface area contributed by atoms with Crippen LogP contribution in [0.4, 0.5) is 11.4 Å². The van der Waals surface area contributed by atoms with Gasteiger partial charge in [-0.25, -0.2) is 4.79 Å². The lowest BCUT2D eigenvalue weighted by molar-refractivity contribution is 0.0527. The molecule has 0 saturated heterocycles. The highest BCUT2D eigenvalue weighted by molar-refractivity contribution is 5.96. The largest absolute Gasteiger partial charge is 0.462 e. The summed E-state index contributed by atoms with van der Waals surface area (Å²) in [6.45, 7) is 7.61. The van der Waals surface area contributed by atoms with Crippen molar-refractivity contribution in [1.29, 1.82) is 0 Å². The fourth-order valence-electron chi connectivity index (χ4n) is 2.45. The number of hydrogen-bond acceptors (Lipinski definition) is 4. The monoisotopic (exact) mass is 276 g/mol. The van der Waals surface area contributed by atoms with E-state index in [1.165, 1.54) is 12.8 Å². The van der Waals surface area contributed by atoms with Crippen LogP contribution in [0.2, 0.25) is 0 Å². The Bertz CT molecular complexity index is 493. The molecule has 20 heavy (non-hydrogen) atoms. The van der Waals surface area contributed by atoms with Crippen molar-refractivity contribution >= 4 is 17.3 Å². The van der Waals surface area contributed by atoms with Gasteiger partial charge in [-0.1, -0.05) is 13.8 Å². The molecule has 0 heterocycles. The number of benzene rings is 1. The van der Waals surface area contributed by atoms with E-state index in [0.29, 0.717) is 29.2 Å². The molecule has 0 aliphatic heterocycles. The average molecular weight is 276 g/mol. The summed E-state index contributed by atoms with van der Waals surface area (Å²) in [5.41, 5.74) is 8.08. The molecule has 4 nitrogen and oxygen atoms in total. The van der Waals surface area contributed by atoms with E-state index in [2.05, 4.69) is 19.2 Å². The van der Waals surface area contributed by atoms with Crippen LogP contribution in [0, 0.1) is 11.3 Å². The van der Waals surface area contributed by atoms with Crippen LogP contribution in [-0.2, 0) is 4.74 Å². The number of ether oxygens (including phenoxy) is 1. The maximum atomic E-state index is 11.8. The van der Waals surface area contributed by atoms with Crippen LogP contribution in [0.15, 0.2) is 18.2 Å². The molecule has 0 unspecified atom stereocenters. The van der Waals surface area contributed by atoms with Crippen molar-refractivity contribution in [2.45, 2.75) is 33.6 Å². The second kappa shape index (κ2) is 5.73. The van der Waals surface area contributed by atoms with E-state index in [0.717, 1.165) is 12.2 Å². The van der Waals surface area contributed by atoms with Crippen molar-refractivity contribution < 1.29 is 9.53 Å². The minimum atomic E-state index is -0.362. The molecule has 1 fully saturated rings. The molecule has 0 amide bonds. The predicted molar refractivity (Wildman–Crippen MR) is 81.8 cm³/mol. The quantitative estimate of drug-likeness (QED) is 0.618. The molecule has 2 rings (SSSR count). The smallest absolute Gasteiger partial charge is 0.340 e. The summed E-state index contributed by atoms with van der Waals surface area (Å²) in [6.07, 6.45) is 2.55. The minimum absolute atomic E-state index is 0.354. The topological polar surface area (TPSA) is 64.3 Å². The van der Waals surface area contributed by atoms with Crippen molar-refractivity contribution in [2.75, 3.05) is 24.2 Å². The number of anilines is 2. The Labute approximate surface area is 120 Å². The first-order chi connectivity index (χ1) is 9.48. The Morgan fingerprint density at radius 3 is 2.70 bits per heavy atom. The Kier molecular flexibility index (Phi) is 4.21. The molecular formula is C16H24N2O2. The molecule has 0 radical (unpaired) electrons. The zero-order valence-corrected chi connectivity index (χ0v) is 12.5. The van der Waals surface area contributed by atoms with Crippen molar-refractivity contribution in [1.82, 2.24) is 0 Å². The van der Waals surface area contributed by atoms with Crippen LogP contribution in [0.3, 0.4) is 0 Å². The van der Waals surface area contributed by atoms with Gasteiger partial charge in [0.1, 0.15) is 0 Å². The van der Waals surface area contributed by atoms with Gasteiger partial charge in [-0.3, -0.25) is 0 Å². The number of esters is 1. The van der Waals surface area contributed by atoms with Crippen LogP contribution in [0.5, 0.6) is 0 Å². The third-order valence-electron chi connectivity index (χ3n) is 4.31. The molecular weight excluding hydrogens is 252 g/mol. The Hall–Kier alpha value is -1.71. The maximum Gasteiger partial charge on any atom is 0.340 e. The summed E-state index contributed by atoms with van der Waals surface area (Å²) in [7, 11) is 0. The van der Waals surface area contributed by atoms with Gasteiger partial charge in [-0.2, -0.15) is 0 Å². The number of nitrogens with two attached hydrogens (primary N) is 1. The molecule has 0 bridgehead atoms. The van der Waals surface area contributed by atoms with Crippen LogP contribution in [0.1, 0.15) is 44.0 Å². The van der Waals surface area contributed by atoms with E-state index in [4.69, 9.17) is 10.5 Å². The molecule has 110 valence electrons. The normalized spacial score (nSPS) is 16.0. The van der Waals surface area contributed by atoms with Crippen molar-refractivity contribution in [3.63, 3.8) is 0 Å². The van der Waals surface area contributed by atoms with E-state index < -0.39 is 0 Å². The number of carbonyl (C=O) groups is 1. The molecule has 4 heteroatoms. The second-order valence-corrected chi connectivity index (χ2v) is 5.89. The molecule has 0 spiro atoms. The molecule has 1 aromatic carbocycles. The molecule has 3 N–H and O–H groups in total. The minimum Gasteiger partial charge on any atom is -0.462 e. The number of carbonyl (C=O) groups excluding carboxylic acids is 1. The van der Waals surface area contributed by atoms with Crippen LogP contribution in [0.25, 0.3) is 0 Å². The van der Waals surface area contributed by atoms with Gasteiger partial charge in [-0.15, -0.1) is 0 Å². The number of rotatable bonds is 6. The highest BCUT2D eigenvalue weighted by Crippen LogP contribution is 2.51. The summed E-state index contributed by atoms with van der Waals surface area (Å²) in [5, 5.41) is 3.43. The average Bonchev–Trinajstić information content (AvgIpc) is 3.19. The summed E-state index contributed by atoms with van der Waals surface area (Å²) in [5.74, 6) is 0.312. The first-order valence-corrected chi connectivity index (χ1v) is 7.29. The zero-order valence-electron chi connectivity index (χ0n) is 12.5. The van der Waals surface area contributed by atoms with Gasteiger partial charge in [0, 0.05) is 17.9 Å². The Balaban J connectivity index is 2.06. The van der Waals surface area contributed by atoms with Crippen LogP contribution >= 0.6 is 0 Å². The summed E-state index contributed by atoms with van der Waals surface area (Å²) in [6, 6.07) is 5.45. The lowest BCUT2D eigenvalue weighted by Gasteiger charge is -2.21. The third kappa shape index (κ3) is 3.06.